The number of benzene rings is 1. The van der Waals surface area contributed by atoms with Crippen molar-refractivity contribution in [2.45, 2.75) is 0 Å². The highest BCUT2D eigenvalue weighted by molar-refractivity contribution is 9.11. The smallest absolute Gasteiger partial charge is 0.337 e. The minimum atomic E-state index is -0.493. The van der Waals surface area contributed by atoms with Crippen molar-refractivity contribution < 1.29 is 19.1 Å². The fourth-order valence-corrected chi connectivity index (χ4v) is 3.08. The van der Waals surface area contributed by atoms with E-state index in [1.165, 1.54) is 31.6 Å². The van der Waals surface area contributed by atoms with Crippen LogP contribution in [0.5, 0.6) is 0 Å². The minimum Gasteiger partial charge on any atom is -0.465 e. The second kappa shape index (κ2) is 6.19. The summed E-state index contributed by atoms with van der Waals surface area (Å²) in [5.74, 6) is -0.986. The Morgan fingerprint density at radius 1 is 1.00 bits per heavy atom. The van der Waals surface area contributed by atoms with Gasteiger partial charge in [0.15, 0.2) is 0 Å². The van der Waals surface area contributed by atoms with E-state index in [1.54, 1.807) is 12.1 Å². The van der Waals surface area contributed by atoms with Gasteiger partial charge in [0.25, 0.3) is 0 Å². The van der Waals surface area contributed by atoms with Gasteiger partial charge in [-0.25, -0.2) is 9.59 Å². The van der Waals surface area contributed by atoms with Gasteiger partial charge in [-0.15, -0.1) is 11.3 Å². The molecule has 4 nitrogen and oxygen atoms in total. The van der Waals surface area contributed by atoms with E-state index in [2.05, 4.69) is 15.9 Å². The van der Waals surface area contributed by atoms with E-state index >= 15 is 0 Å². The minimum absolute atomic E-state index is 0.315. The molecule has 1 aromatic carbocycles. The molecule has 2 aromatic rings. The van der Waals surface area contributed by atoms with E-state index in [1.807, 2.05) is 12.1 Å². The van der Waals surface area contributed by atoms with Crippen LogP contribution in [0.1, 0.15) is 20.7 Å². The summed E-state index contributed by atoms with van der Waals surface area (Å²) >= 11 is 4.90. The summed E-state index contributed by atoms with van der Waals surface area (Å²) in [5.41, 5.74) is 1.40. The summed E-state index contributed by atoms with van der Waals surface area (Å²) in [6.07, 6.45) is 0. The number of carbonyl (C=O) groups excluding carboxylic acids is 2. The van der Waals surface area contributed by atoms with Crippen molar-refractivity contribution in [2.24, 2.45) is 0 Å². The lowest BCUT2D eigenvalue weighted by Gasteiger charge is -2.06. The zero-order valence-corrected chi connectivity index (χ0v) is 13.2. The van der Waals surface area contributed by atoms with Crippen LogP contribution in [0.15, 0.2) is 34.1 Å². The zero-order chi connectivity index (χ0) is 14.7. The van der Waals surface area contributed by atoms with Gasteiger partial charge in [-0.2, -0.15) is 0 Å². The fraction of sp³-hybridized carbons (Fsp3) is 0.143. The maximum atomic E-state index is 11.7. The van der Waals surface area contributed by atoms with Crippen molar-refractivity contribution in [1.29, 1.82) is 0 Å². The lowest BCUT2D eigenvalue weighted by Crippen LogP contribution is -2.06. The van der Waals surface area contributed by atoms with Crippen molar-refractivity contribution in [1.82, 2.24) is 0 Å². The first-order valence-electron chi connectivity index (χ1n) is 5.62. The summed E-state index contributed by atoms with van der Waals surface area (Å²) in [6, 6.07) is 8.66. The van der Waals surface area contributed by atoms with Crippen LogP contribution in [0.3, 0.4) is 0 Å². The molecule has 0 bridgehead atoms. The highest BCUT2D eigenvalue weighted by atomic mass is 79.9. The molecule has 1 aromatic heterocycles. The van der Waals surface area contributed by atoms with Gasteiger partial charge < -0.3 is 9.47 Å². The molecular formula is C14H11BrO4S. The molecular weight excluding hydrogens is 344 g/mol. The van der Waals surface area contributed by atoms with Crippen LogP contribution in [0, 0.1) is 0 Å². The van der Waals surface area contributed by atoms with Gasteiger partial charge in [0, 0.05) is 4.88 Å². The van der Waals surface area contributed by atoms with Crippen molar-refractivity contribution in [3.8, 4) is 10.4 Å². The third-order valence-corrected chi connectivity index (χ3v) is 4.31. The number of ether oxygens (including phenoxy) is 2. The first-order valence-corrected chi connectivity index (χ1v) is 7.23. The van der Waals surface area contributed by atoms with Crippen LogP contribution >= 0.6 is 27.3 Å². The summed E-state index contributed by atoms with van der Waals surface area (Å²) in [6.45, 7) is 0. The number of esters is 2. The molecule has 0 spiro atoms. The Hall–Kier alpha value is -1.66. The number of thiophene rings is 1. The SMILES string of the molecule is COC(=O)c1cc(C(=O)OC)cc(-c2ccc(Br)s2)c1. The van der Waals surface area contributed by atoms with Crippen molar-refractivity contribution in [3.63, 3.8) is 0 Å². The number of methoxy groups -OCH3 is 2. The van der Waals surface area contributed by atoms with Crippen LogP contribution in [-0.2, 0) is 9.47 Å². The van der Waals surface area contributed by atoms with Gasteiger partial charge in [-0.05, 0) is 51.8 Å². The molecule has 1 heterocycles. The first-order chi connectivity index (χ1) is 9.55. The molecule has 20 heavy (non-hydrogen) atoms. The van der Waals surface area contributed by atoms with Crippen LogP contribution in [0.4, 0.5) is 0 Å². The molecule has 2 rings (SSSR count). The summed E-state index contributed by atoms with van der Waals surface area (Å²) in [4.78, 5) is 24.3. The first kappa shape index (κ1) is 14.7. The van der Waals surface area contributed by atoms with E-state index < -0.39 is 11.9 Å². The topological polar surface area (TPSA) is 52.6 Å². The van der Waals surface area contributed by atoms with Crippen LogP contribution in [0.25, 0.3) is 10.4 Å². The highest BCUT2D eigenvalue weighted by Gasteiger charge is 2.15. The molecule has 0 fully saturated rings. The quantitative estimate of drug-likeness (QED) is 0.787. The van der Waals surface area contributed by atoms with E-state index in [0.29, 0.717) is 11.1 Å². The molecule has 0 saturated heterocycles. The number of carbonyl (C=O) groups is 2. The van der Waals surface area contributed by atoms with Crippen molar-refractivity contribution >= 4 is 39.2 Å². The molecule has 104 valence electrons. The molecule has 0 aliphatic heterocycles. The van der Waals surface area contributed by atoms with Crippen LogP contribution < -0.4 is 0 Å². The molecule has 0 aliphatic rings. The molecule has 0 N–H and O–H groups in total. The van der Waals surface area contributed by atoms with E-state index in [-0.39, 0.29) is 0 Å². The summed E-state index contributed by atoms with van der Waals surface area (Å²) < 4.78 is 10.4. The molecule has 0 radical (unpaired) electrons. The number of halogens is 1. The number of hydrogen-bond acceptors (Lipinski definition) is 5. The predicted molar refractivity (Wildman–Crippen MR) is 80.1 cm³/mol. The maximum absolute atomic E-state index is 11.7. The highest BCUT2D eigenvalue weighted by Crippen LogP contribution is 2.32. The standard InChI is InChI=1S/C14H11BrO4S/c1-18-13(16)9-5-8(11-3-4-12(15)20-11)6-10(7-9)14(17)19-2/h3-7H,1-2H3. The van der Waals surface area contributed by atoms with Gasteiger partial charge in [-0.3, -0.25) is 0 Å². The van der Waals surface area contributed by atoms with Crippen LogP contribution in [0.2, 0.25) is 0 Å². The Bertz CT molecular complexity index is 629. The van der Waals surface area contributed by atoms with E-state index in [9.17, 15) is 9.59 Å². The molecule has 0 amide bonds. The molecule has 0 atom stereocenters. The Morgan fingerprint density at radius 2 is 1.55 bits per heavy atom. The largest absolute Gasteiger partial charge is 0.465 e. The third kappa shape index (κ3) is 3.08. The van der Waals surface area contributed by atoms with Gasteiger partial charge in [0.05, 0.1) is 29.1 Å². The van der Waals surface area contributed by atoms with Gasteiger partial charge in [0.2, 0.25) is 0 Å². The maximum Gasteiger partial charge on any atom is 0.337 e. The van der Waals surface area contributed by atoms with Gasteiger partial charge >= 0.3 is 11.9 Å². The third-order valence-electron chi connectivity index (χ3n) is 2.63. The summed E-state index contributed by atoms with van der Waals surface area (Å²) in [7, 11) is 2.60. The predicted octanol–water partition coefficient (Wildman–Crippen LogP) is 3.75. The Labute approximate surface area is 128 Å². The molecule has 0 unspecified atom stereocenters. The Kier molecular flexibility index (Phi) is 4.57. The lowest BCUT2D eigenvalue weighted by atomic mass is 10.0. The fourth-order valence-electron chi connectivity index (χ4n) is 1.71. The normalized spacial score (nSPS) is 10.2. The van der Waals surface area contributed by atoms with Crippen LogP contribution in [-0.4, -0.2) is 26.2 Å². The average Bonchev–Trinajstić information content (AvgIpc) is 2.91. The molecule has 6 heteroatoms. The lowest BCUT2D eigenvalue weighted by molar-refractivity contribution is 0.0599. The Morgan fingerprint density at radius 3 is 1.95 bits per heavy atom. The molecule has 0 aliphatic carbocycles. The van der Waals surface area contributed by atoms with E-state index in [0.717, 1.165) is 14.2 Å². The van der Waals surface area contributed by atoms with Gasteiger partial charge in [-0.1, -0.05) is 0 Å². The van der Waals surface area contributed by atoms with Gasteiger partial charge in [0.1, 0.15) is 0 Å². The average molecular weight is 355 g/mol. The second-order valence-corrected chi connectivity index (χ2v) is 6.35. The molecule has 0 saturated carbocycles. The van der Waals surface area contributed by atoms with Crippen molar-refractivity contribution in [2.75, 3.05) is 14.2 Å². The second-order valence-electron chi connectivity index (χ2n) is 3.89. The monoisotopic (exact) mass is 354 g/mol. The van der Waals surface area contributed by atoms with Crippen molar-refractivity contribution in [3.05, 3.63) is 45.2 Å². The number of hydrogen-bond donors (Lipinski definition) is 0. The Balaban J connectivity index is 2.56. The summed E-state index contributed by atoms with van der Waals surface area (Å²) in [5, 5.41) is 0. The zero-order valence-electron chi connectivity index (χ0n) is 10.8. The number of rotatable bonds is 3. The van der Waals surface area contributed by atoms with E-state index in [4.69, 9.17) is 9.47 Å².